The number of ether oxygens (including phenoxy) is 1. The van der Waals surface area contributed by atoms with Gasteiger partial charge in [0.1, 0.15) is 5.75 Å². The first-order valence-electron chi connectivity index (χ1n) is 15.2. The SMILES string of the molecule is O=C(COc1cccc([C@H]2c3sc(=O)[nH]c3SC3C4CC(C5C(=O)N(c6ccc(Br)cc6)C(=O)C45)C32)c1)Nc1cccc(C(F)(F)F)c1. The summed E-state index contributed by atoms with van der Waals surface area (Å²) >= 11 is 6.15. The average Bonchev–Trinajstić information content (AvgIpc) is 3.79. The number of amides is 3. The van der Waals surface area contributed by atoms with Crippen LogP contribution in [0, 0.1) is 29.6 Å². The number of carbonyl (C=O) groups excluding carboxylic acids is 3. The highest BCUT2D eigenvalue weighted by Gasteiger charge is 2.69. The molecule has 14 heteroatoms. The van der Waals surface area contributed by atoms with Crippen LogP contribution in [0.25, 0.3) is 0 Å². The Morgan fingerprint density at radius 3 is 2.46 bits per heavy atom. The van der Waals surface area contributed by atoms with Crippen molar-refractivity contribution < 1.29 is 32.3 Å². The maximum absolute atomic E-state index is 14.0. The number of aromatic amines is 1. The van der Waals surface area contributed by atoms with E-state index >= 15 is 0 Å². The van der Waals surface area contributed by atoms with Crippen LogP contribution in [0.1, 0.15) is 28.3 Å². The summed E-state index contributed by atoms with van der Waals surface area (Å²) in [5.74, 6) is -1.86. The van der Waals surface area contributed by atoms with E-state index in [-0.39, 0.29) is 51.3 Å². The van der Waals surface area contributed by atoms with E-state index in [9.17, 15) is 32.3 Å². The minimum atomic E-state index is -4.54. The van der Waals surface area contributed by atoms with Crippen LogP contribution in [-0.2, 0) is 20.6 Å². The summed E-state index contributed by atoms with van der Waals surface area (Å²) in [5.41, 5.74) is 0.532. The van der Waals surface area contributed by atoms with Crippen molar-refractivity contribution in [3.8, 4) is 5.75 Å². The van der Waals surface area contributed by atoms with Gasteiger partial charge in [0.05, 0.1) is 28.1 Å². The fourth-order valence-electron chi connectivity index (χ4n) is 8.15. The van der Waals surface area contributed by atoms with Gasteiger partial charge in [0.15, 0.2) is 6.61 Å². The Morgan fingerprint density at radius 2 is 1.71 bits per heavy atom. The van der Waals surface area contributed by atoms with Gasteiger partial charge in [0.25, 0.3) is 5.91 Å². The fraction of sp³-hybridized carbons (Fsp3) is 0.294. The number of thioether (sulfide) groups is 1. The van der Waals surface area contributed by atoms with Crippen molar-refractivity contribution in [1.82, 2.24) is 4.98 Å². The van der Waals surface area contributed by atoms with Gasteiger partial charge < -0.3 is 15.0 Å². The summed E-state index contributed by atoms with van der Waals surface area (Å²) in [6.45, 7) is -0.439. The third-order valence-electron chi connectivity index (χ3n) is 9.87. The maximum Gasteiger partial charge on any atom is 0.416 e. The Hall–Kier alpha value is -3.88. The van der Waals surface area contributed by atoms with Gasteiger partial charge in [-0.2, -0.15) is 13.2 Å². The zero-order chi connectivity index (χ0) is 33.5. The number of alkyl halides is 3. The number of nitrogens with one attached hydrogen (secondary N) is 2. The van der Waals surface area contributed by atoms with E-state index in [1.807, 2.05) is 24.3 Å². The first-order chi connectivity index (χ1) is 23.0. The van der Waals surface area contributed by atoms with Gasteiger partial charge in [-0.1, -0.05) is 45.5 Å². The Balaban J connectivity index is 1.06. The van der Waals surface area contributed by atoms with Gasteiger partial charge in [-0.25, -0.2) is 0 Å². The molecule has 8 rings (SSSR count). The Labute approximate surface area is 288 Å². The lowest BCUT2D eigenvalue weighted by Crippen LogP contribution is -2.42. The Morgan fingerprint density at radius 1 is 0.979 bits per heavy atom. The van der Waals surface area contributed by atoms with Crippen LogP contribution in [0.4, 0.5) is 24.5 Å². The molecule has 7 atom stereocenters. The predicted molar refractivity (Wildman–Crippen MR) is 177 cm³/mol. The van der Waals surface area contributed by atoms with E-state index in [1.54, 1.807) is 36.0 Å². The molecule has 2 N–H and O–H groups in total. The maximum atomic E-state index is 14.0. The monoisotopic (exact) mass is 755 g/mol. The minimum Gasteiger partial charge on any atom is -0.484 e. The summed E-state index contributed by atoms with van der Waals surface area (Å²) < 4.78 is 45.9. The number of nitrogens with zero attached hydrogens (tertiary/aromatic N) is 1. The molecule has 1 saturated heterocycles. The highest BCUT2D eigenvalue weighted by molar-refractivity contribution is 9.10. The summed E-state index contributed by atoms with van der Waals surface area (Å²) in [5, 5.41) is 3.22. The average molecular weight is 757 g/mol. The number of rotatable bonds is 6. The van der Waals surface area contributed by atoms with E-state index in [0.717, 1.165) is 49.8 Å². The van der Waals surface area contributed by atoms with Crippen LogP contribution in [-0.4, -0.2) is 34.6 Å². The van der Waals surface area contributed by atoms with Crippen LogP contribution in [0.3, 0.4) is 0 Å². The van der Waals surface area contributed by atoms with Crippen LogP contribution in [0.2, 0.25) is 0 Å². The number of hydrogen-bond donors (Lipinski definition) is 2. The zero-order valence-electron chi connectivity index (χ0n) is 24.7. The molecule has 0 spiro atoms. The van der Waals surface area contributed by atoms with Crippen molar-refractivity contribution in [2.75, 3.05) is 16.8 Å². The molecular weight excluding hydrogens is 731 g/mol. The lowest BCUT2D eigenvalue weighted by molar-refractivity contribution is -0.137. The third kappa shape index (κ3) is 5.19. The summed E-state index contributed by atoms with van der Waals surface area (Å²) in [7, 11) is 0. The second-order valence-corrected chi connectivity index (χ2v) is 15.6. The smallest absolute Gasteiger partial charge is 0.416 e. The Bertz CT molecular complexity index is 2030. The number of aromatic nitrogens is 1. The molecule has 0 radical (unpaired) electrons. The van der Waals surface area contributed by atoms with E-state index < -0.39 is 36.1 Å². The van der Waals surface area contributed by atoms with Crippen LogP contribution >= 0.6 is 39.0 Å². The number of anilines is 2. The van der Waals surface area contributed by atoms with E-state index in [0.29, 0.717) is 11.4 Å². The number of halogens is 4. The normalized spacial score (nSPS) is 27.1. The number of thiazole rings is 1. The first kappa shape index (κ1) is 31.4. The topological polar surface area (TPSA) is 109 Å². The molecule has 3 fully saturated rings. The number of H-pyrrole nitrogens is 1. The van der Waals surface area contributed by atoms with E-state index in [1.165, 1.54) is 17.0 Å². The predicted octanol–water partition coefficient (Wildman–Crippen LogP) is 6.91. The number of imide groups is 1. The summed E-state index contributed by atoms with van der Waals surface area (Å²) in [6, 6.07) is 18.7. The molecule has 48 heavy (non-hydrogen) atoms. The van der Waals surface area contributed by atoms with Crippen molar-refractivity contribution >= 4 is 68.1 Å². The van der Waals surface area contributed by atoms with E-state index in [4.69, 9.17) is 4.74 Å². The molecule has 8 nitrogen and oxygen atoms in total. The first-order valence-corrected chi connectivity index (χ1v) is 17.7. The zero-order valence-corrected chi connectivity index (χ0v) is 27.9. The van der Waals surface area contributed by atoms with Crippen LogP contribution in [0.15, 0.2) is 87.1 Å². The number of benzene rings is 3. The van der Waals surface area contributed by atoms with Gasteiger partial charge in [-0.15, -0.1) is 11.8 Å². The standard InChI is InChI=1S/C34H25BrF3N3O5S2/c35-17-7-9-19(10-8-17)41-31(43)26-21-13-22(27(26)32(41)44)28-25(21)24(29-30(47-28)40-33(45)48-29)15-3-1-6-20(11-15)46-14-23(42)39-18-5-2-4-16(12-18)34(36,37)38/h1-12,21-22,24-28H,13-14H2,(H,39,42)(H,40,45)/t21?,22?,24-,25?,26?,27?,28?/m1/s1. The minimum absolute atomic E-state index is 0.000969. The number of hydrogen-bond acceptors (Lipinski definition) is 7. The van der Waals surface area contributed by atoms with Gasteiger partial charge in [0, 0.05) is 26.2 Å². The molecule has 3 aromatic carbocycles. The van der Waals surface area contributed by atoms with Crippen molar-refractivity contribution in [2.24, 2.45) is 29.6 Å². The second-order valence-electron chi connectivity index (χ2n) is 12.4. The lowest BCUT2D eigenvalue weighted by atomic mass is 9.68. The van der Waals surface area contributed by atoms with Crippen molar-refractivity contribution in [1.29, 1.82) is 0 Å². The molecule has 3 heterocycles. The van der Waals surface area contributed by atoms with Gasteiger partial charge in [-0.3, -0.25) is 24.1 Å². The lowest BCUT2D eigenvalue weighted by Gasteiger charge is -2.43. The highest BCUT2D eigenvalue weighted by Crippen LogP contribution is 2.68. The molecule has 6 unspecified atom stereocenters. The van der Waals surface area contributed by atoms with Crippen LogP contribution in [0.5, 0.6) is 5.75 Å². The van der Waals surface area contributed by atoms with Gasteiger partial charge >= 0.3 is 11.0 Å². The highest BCUT2D eigenvalue weighted by atomic mass is 79.9. The molecule has 2 aliphatic carbocycles. The van der Waals surface area contributed by atoms with Crippen molar-refractivity contribution in [3.63, 3.8) is 0 Å². The molecular formula is C34H25BrF3N3O5S2. The summed E-state index contributed by atoms with van der Waals surface area (Å²) in [6.07, 6.45) is -3.80. The molecule has 4 aromatic rings. The van der Waals surface area contributed by atoms with Crippen molar-refractivity contribution in [2.45, 2.75) is 28.8 Å². The molecule has 1 aromatic heterocycles. The number of carbonyl (C=O) groups is 3. The summed E-state index contributed by atoms with van der Waals surface area (Å²) in [4.78, 5) is 58.0. The molecule has 2 bridgehead atoms. The van der Waals surface area contributed by atoms with Crippen LogP contribution < -0.4 is 19.8 Å². The quantitative estimate of drug-likeness (QED) is 0.207. The number of fused-ring (bicyclic) bond motifs is 9. The largest absolute Gasteiger partial charge is 0.484 e. The molecule has 2 saturated carbocycles. The van der Waals surface area contributed by atoms with Gasteiger partial charge in [-0.05, 0) is 84.3 Å². The van der Waals surface area contributed by atoms with Crippen molar-refractivity contribution in [3.05, 3.63) is 103 Å². The fourth-order valence-corrected chi connectivity index (χ4v) is 11.3. The molecule has 3 amide bonds. The molecule has 4 aliphatic rings. The third-order valence-corrected chi connectivity index (χ3v) is 13.0. The second kappa shape index (κ2) is 11.6. The van der Waals surface area contributed by atoms with Gasteiger partial charge in [0.2, 0.25) is 11.8 Å². The Kier molecular flexibility index (Phi) is 7.60. The van der Waals surface area contributed by atoms with E-state index in [2.05, 4.69) is 26.2 Å². The molecule has 2 aliphatic heterocycles. The molecule has 246 valence electrons.